The van der Waals surface area contributed by atoms with Gasteiger partial charge in [-0.3, -0.25) is 0 Å². The van der Waals surface area contributed by atoms with Gasteiger partial charge in [-0.25, -0.2) is 9.78 Å². The van der Waals surface area contributed by atoms with Gasteiger partial charge in [0, 0.05) is 23.9 Å². The Morgan fingerprint density at radius 3 is 2.81 bits per heavy atom. The molecule has 21 heavy (non-hydrogen) atoms. The van der Waals surface area contributed by atoms with Crippen molar-refractivity contribution in [2.45, 2.75) is 25.2 Å². The summed E-state index contributed by atoms with van der Waals surface area (Å²) < 4.78 is 37.1. The Morgan fingerprint density at radius 2 is 2.24 bits per heavy atom. The van der Waals surface area contributed by atoms with Crippen LogP contribution in [-0.4, -0.2) is 28.8 Å². The monoisotopic (exact) mass is 321 g/mol. The highest BCUT2D eigenvalue weighted by atomic mass is 32.1. The fraction of sp³-hybridized carbons (Fsp3) is 0.500. The van der Waals surface area contributed by atoms with E-state index in [-0.39, 0.29) is 30.1 Å². The first-order valence-corrected chi connectivity index (χ1v) is 7.11. The number of thiazole rings is 1. The van der Waals surface area contributed by atoms with Crippen molar-refractivity contribution in [3.05, 3.63) is 28.2 Å². The Balaban J connectivity index is 1.77. The highest BCUT2D eigenvalue weighted by molar-refractivity contribution is 7.09. The predicted octanol–water partition coefficient (Wildman–Crippen LogP) is 1.90. The van der Waals surface area contributed by atoms with Crippen molar-refractivity contribution < 1.29 is 23.1 Å². The third-order valence-electron chi connectivity index (χ3n) is 2.97. The Kier molecular flexibility index (Phi) is 4.84. The van der Waals surface area contributed by atoms with Gasteiger partial charge in [0.05, 0.1) is 6.54 Å². The average Bonchev–Trinajstić information content (AvgIpc) is 3.04. The van der Waals surface area contributed by atoms with Crippen molar-refractivity contribution in [2.75, 3.05) is 6.61 Å². The van der Waals surface area contributed by atoms with Gasteiger partial charge in [-0.2, -0.15) is 13.2 Å². The lowest BCUT2D eigenvalue weighted by Gasteiger charge is -2.13. The maximum absolute atomic E-state index is 12.4. The molecule has 9 heteroatoms. The predicted molar refractivity (Wildman–Crippen MR) is 70.6 cm³/mol. The Labute approximate surface area is 122 Å². The zero-order chi connectivity index (χ0) is 15.5. The van der Waals surface area contributed by atoms with Crippen molar-refractivity contribution in [1.82, 2.24) is 15.6 Å². The number of hydrogen-bond acceptors (Lipinski definition) is 4. The second kappa shape index (κ2) is 6.44. The van der Waals surface area contributed by atoms with Crippen molar-refractivity contribution in [2.24, 2.45) is 5.92 Å². The molecule has 0 saturated carbocycles. The van der Waals surface area contributed by atoms with E-state index in [4.69, 9.17) is 5.11 Å². The van der Waals surface area contributed by atoms with E-state index in [2.05, 4.69) is 15.6 Å². The first-order chi connectivity index (χ1) is 9.88. The van der Waals surface area contributed by atoms with Crippen molar-refractivity contribution in [3.63, 3.8) is 0 Å². The number of alkyl halides is 3. The molecule has 5 nitrogen and oxygen atoms in total. The van der Waals surface area contributed by atoms with Gasteiger partial charge in [0.25, 0.3) is 0 Å². The third kappa shape index (κ3) is 4.43. The number of carbonyl (C=O) groups excluding carboxylic acids is 1. The van der Waals surface area contributed by atoms with Gasteiger partial charge >= 0.3 is 12.2 Å². The summed E-state index contributed by atoms with van der Waals surface area (Å²) in [5.41, 5.74) is -0.950. The second-order valence-corrected chi connectivity index (χ2v) is 5.56. The van der Waals surface area contributed by atoms with Gasteiger partial charge in [-0.15, -0.1) is 11.3 Å². The maximum Gasteiger partial charge on any atom is 0.434 e. The number of urea groups is 1. The normalized spacial score (nSPS) is 21.5. The topological polar surface area (TPSA) is 74.2 Å². The van der Waals surface area contributed by atoms with Gasteiger partial charge in [0.2, 0.25) is 0 Å². The third-order valence-corrected chi connectivity index (χ3v) is 3.81. The quantitative estimate of drug-likeness (QED) is 0.742. The number of nitrogens with zero attached hydrogens (tertiary/aromatic N) is 1. The molecule has 0 fully saturated rings. The number of rotatable bonds is 4. The van der Waals surface area contributed by atoms with Crippen LogP contribution in [0.3, 0.4) is 0 Å². The summed E-state index contributed by atoms with van der Waals surface area (Å²) in [7, 11) is 0. The number of aliphatic hydroxyl groups excluding tert-OH is 1. The molecule has 0 bridgehead atoms. The van der Waals surface area contributed by atoms with Crippen LogP contribution in [0.2, 0.25) is 0 Å². The molecule has 2 amide bonds. The fourth-order valence-corrected chi connectivity index (χ4v) is 2.66. The van der Waals surface area contributed by atoms with Gasteiger partial charge in [0.15, 0.2) is 5.69 Å². The molecule has 1 heterocycles. The first kappa shape index (κ1) is 15.8. The van der Waals surface area contributed by atoms with Gasteiger partial charge in [-0.05, 0) is 6.42 Å². The number of amides is 2. The Hall–Kier alpha value is -1.61. The number of carbonyl (C=O) groups is 1. The molecule has 1 aliphatic carbocycles. The Morgan fingerprint density at radius 1 is 1.48 bits per heavy atom. The minimum Gasteiger partial charge on any atom is -0.396 e. The molecule has 2 atom stereocenters. The van der Waals surface area contributed by atoms with Crippen LogP contribution in [0.1, 0.15) is 17.1 Å². The lowest BCUT2D eigenvalue weighted by Crippen LogP contribution is -2.40. The summed E-state index contributed by atoms with van der Waals surface area (Å²) in [6.07, 6.45) is -0.253. The van der Waals surface area contributed by atoms with Crippen LogP contribution >= 0.6 is 11.3 Å². The zero-order valence-electron chi connectivity index (χ0n) is 10.9. The van der Waals surface area contributed by atoms with E-state index in [1.54, 1.807) is 6.08 Å². The lowest BCUT2D eigenvalue weighted by molar-refractivity contribution is -0.140. The van der Waals surface area contributed by atoms with Crippen molar-refractivity contribution in [3.8, 4) is 0 Å². The molecule has 0 aliphatic heterocycles. The molecule has 0 saturated heterocycles. The molecule has 0 spiro atoms. The van der Waals surface area contributed by atoms with E-state index in [9.17, 15) is 18.0 Å². The van der Waals surface area contributed by atoms with Crippen molar-refractivity contribution >= 4 is 17.4 Å². The largest absolute Gasteiger partial charge is 0.434 e. The molecule has 0 aromatic carbocycles. The number of hydrogen-bond donors (Lipinski definition) is 3. The van der Waals surface area contributed by atoms with Gasteiger partial charge < -0.3 is 15.7 Å². The zero-order valence-corrected chi connectivity index (χ0v) is 11.7. The molecule has 0 unspecified atom stereocenters. The molecular weight excluding hydrogens is 307 g/mol. The van der Waals surface area contributed by atoms with E-state index >= 15 is 0 Å². The SMILES string of the molecule is O=C(NCc1nc(C(F)(F)F)cs1)N[C@@H]1C=C[C@H](CO)C1. The number of nitrogens with one attached hydrogen (secondary N) is 2. The standard InChI is InChI=1S/C12H14F3N3O2S/c13-12(14,15)9-6-21-10(18-9)4-16-11(20)17-8-2-1-7(3-8)5-19/h1-2,6-8,19H,3-5H2,(H2,16,17,20)/t7-,8+/m0/s1. The highest BCUT2D eigenvalue weighted by Gasteiger charge is 2.33. The molecular formula is C12H14F3N3O2S. The number of aromatic nitrogens is 1. The summed E-state index contributed by atoms with van der Waals surface area (Å²) >= 11 is 0.845. The van der Waals surface area contributed by atoms with E-state index in [1.165, 1.54) is 0 Å². The fourth-order valence-electron chi connectivity index (χ4n) is 1.91. The smallest absolute Gasteiger partial charge is 0.396 e. The van der Waals surface area contributed by atoms with E-state index in [0.29, 0.717) is 6.42 Å². The number of aliphatic hydroxyl groups is 1. The minimum absolute atomic E-state index is 0.0234. The number of halogens is 3. The van der Waals surface area contributed by atoms with Crippen LogP contribution in [-0.2, 0) is 12.7 Å². The van der Waals surface area contributed by atoms with E-state index < -0.39 is 17.9 Å². The van der Waals surface area contributed by atoms with Crippen LogP contribution in [0.5, 0.6) is 0 Å². The second-order valence-electron chi connectivity index (χ2n) is 4.62. The van der Waals surface area contributed by atoms with Gasteiger partial charge in [-0.1, -0.05) is 12.2 Å². The molecule has 0 radical (unpaired) electrons. The van der Waals surface area contributed by atoms with Crippen molar-refractivity contribution in [1.29, 1.82) is 0 Å². The van der Waals surface area contributed by atoms with Crippen LogP contribution in [0.15, 0.2) is 17.5 Å². The summed E-state index contributed by atoms with van der Waals surface area (Å²) in [6.45, 7) is -0.0396. The molecule has 116 valence electrons. The molecule has 1 aliphatic rings. The summed E-state index contributed by atoms with van der Waals surface area (Å²) in [4.78, 5) is 15.0. The molecule has 2 rings (SSSR count). The highest BCUT2D eigenvalue weighted by Crippen LogP contribution is 2.29. The summed E-state index contributed by atoms with van der Waals surface area (Å²) in [5, 5.41) is 15.2. The molecule has 1 aromatic heterocycles. The van der Waals surface area contributed by atoms with Crippen LogP contribution in [0, 0.1) is 5.92 Å². The van der Waals surface area contributed by atoms with E-state index in [1.807, 2.05) is 6.08 Å². The van der Waals surface area contributed by atoms with Crippen LogP contribution in [0.25, 0.3) is 0 Å². The first-order valence-electron chi connectivity index (χ1n) is 6.23. The minimum atomic E-state index is -4.47. The summed E-state index contributed by atoms with van der Waals surface area (Å²) in [6, 6.07) is -0.656. The average molecular weight is 321 g/mol. The molecule has 3 N–H and O–H groups in total. The lowest BCUT2D eigenvalue weighted by atomic mass is 10.1. The maximum atomic E-state index is 12.4. The summed E-state index contributed by atoms with van der Waals surface area (Å²) in [5.74, 6) is 0.0311. The Bertz CT molecular complexity index is 530. The van der Waals surface area contributed by atoms with Crippen LogP contribution < -0.4 is 10.6 Å². The van der Waals surface area contributed by atoms with Gasteiger partial charge in [0.1, 0.15) is 5.01 Å². The van der Waals surface area contributed by atoms with Crippen LogP contribution in [0.4, 0.5) is 18.0 Å². The van der Waals surface area contributed by atoms with E-state index in [0.717, 1.165) is 16.7 Å². The molecule has 1 aromatic rings.